The fourth-order valence-corrected chi connectivity index (χ4v) is 3.12. The van der Waals surface area contributed by atoms with E-state index in [1.54, 1.807) is 72.8 Å². The molecule has 138 valence electrons. The molecule has 0 atom stereocenters. The van der Waals surface area contributed by atoms with E-state index in [0.717, 1.165) is 0 Å². The van der Waals surface area contributed by atoms with Gasteiger partial charge in [0.05, 0.1) is 5.52 Å². The Morgan fingerprint density at radius 2 is 1.54 bits per heavy atom. The number of nitrogens with two attached hydrogens (primary N) is 1. The molecule has 0 saturated carbocycles. The number of benzene rings is 3. The van der Waals surface area contributed by atoms with Gasteiger partial charge >= 0.3 is 0 Å². The van der Waals surface area contributed by atoms with E-state index in [2.05, 4.69) is 5.32 Å². The van der Waals surface area contributed by atoms with Gasteiger partial charge in [-0.25, -0.2) is 0 Å². The van der Waals surface area contributed by atoms with E-state index in [-0.39, 0.29) is 11.3 Å². The predicted octanol–water partition coefficient (Wildman–Crippen LogP) is 3.53. The van der Waals surface area contributed by atoms with Crippen molar-refractivity contribution in [3.63, 3.8) is 0 Å². The Morgan fingerprint density at radius 1 is 0.893 bits per heavy atom. The van der Waals surface area contributed by atoms with Crippen LogP contribution in [0.2, 0.25) is 0 Å². The summed E-state index contributed by atoms with van der Waals surface area (Å²) in [6.45, 7) is 0. The molecule has 28 heavy (non-hydrogen) atoms. The predicted molar refractivity (Wildman–Crippen MR) is 110 cm³/mol. The number of para-hydroxylation sites is 2. The van der Waals surface area contributed by atoms with Crippen LogP contribution in [0.1, 0.15) is 10.4 Å². The number of nitrogen functional groups attached to an aromatic ring is 1. The first-order valence-electron chi connectivity index (χ1n) is 8.65. The maximum Gasteiger partial charge on any atom is 0.272 e. The fraction of sp³-hybridized carbons (Fsp3) is 0. The average molecular weight is 371 g/mol. The normalized spacial score (nSPS) is 10.7. The monoisotopic (exact) mass is 371 g/mol. The van der Waals surface area contributed by atoms with Gasteiger partial charge in [0.2, 0.25) is 0 Å². The molecule has 0 bridgehead atoms. The molecule has 4 rings (SSSR count). The molecule has 0 saturated heterocycles. The van der Waals surface area contributed by atoms with Crippen LogP contribution in [-0.2, 0) is 0 Å². The maximum atomic E-state index is 13.2. The summed E-state index contributed by atoms with van der Waals surface area (Å²) in [5.41, 5.74) is 6.88. The largest absolute Gasteiger partial charge is 0.506 e. The number of amides is 1. The van der Waals surface area contributed by atoms with E-state index in [0.29, 0.717) is 28.0 Å². The second-order valence-electron chi connectivity index (χ2n) is 6.29. The van der Waals surface area contributed by atoms with E-state index in [4.69, 9.17) is 5.73 Å². The van der Waals surface area contributed by atoms with Gasteiger partial charge in [-0.1, -0.05) is 30.3 Å². The summed E-state index contributed by atoms with van der Waals surface area (Å²) in [6, 6.07) is 22.4. The number of hydrogen-bond donors (Lipinski definition) is 3. The highest BCUT2D eigenvalue weighted by molar-refractivity contribution is 6.09. The van der Waals surface area contributed by atoms with Crippen LogP contribution in [0.4, 0.5) is 11.4 Å². The number of carbonyl (C=O) groups excluding carboxylic acids is 1. The number of fused-ring (bicyclic) bond motifs is 1. The lowest BCUT2D eigenvalue weighted by molar-refractivity contribution is 0.102. The molecule has 1 heterocycles. The van der Waals surface area contributed by atoms with Gasteiger partial charge in [0.1, 0.15) is 11.3 Å². The molecule has 0 unspecified atom stereocenters. The number of aromatic hydroxyl groups is 1. The maximum absolute atomic E-state index is 13.2. The minimum absolute atomic E-state index is 0.320. The molecule has 1 aromatic heterocycles. The first kappa shape index (κ1) is 17.4. The highest BCUT2D eigenvalue weighted by Crippen LogP contribution is 2.28. The second kappa shape index (κ2) is 6.92. The number of nitrogens with zero attached hydrogens (tertiary/aromatic N) is 1. The van der Waals surface area contributed by atoms with Gasteiger partial charge in [-0.2, -0.15) is 0 Å². The first-order valence-corrected chi connectivity index (χ1v) is 8.65. The summed E-state index contributed by atoms with van der Waals surface area (Å²) in [6.07, 6.45) is 0. The number of rotatable bonds is 3. The van der Waals surface area contributed by atoms with Crippen LogP contribution in [0.3, 0.4) is 0 Å². The molecular formula is C22H17N3O3. The molecule has 1 amide bonds. The second-order valence-corrected chi connectivity index (χ2v) is 6.29. The van der Waals surface area contributed by atoms with Gasteiger partial charge in [-0.05, 0) is 48.5 Å². The van der Waals surface area contributed by atoms with E-state index in [1.165, 1.54) is 4.57 Å². The van der Waals surface area contributed by atoms with Crippen molar-refractivity contribution >= 4 is 28.2 Å². The van der Waals surface area contributed by atoms with Gasteiger partial charge in [-0.3, -0.25) is 14.2 Å². The molecule has 0 spiro atoms. The Labute approximate surface area is 160 Å². The van der Waals surface area contributed by atoms with Gasteiger partial charge in [0.25, 0.3) is 11.5 Å². The summed E-state index contributed by atoms with van der Waals surface area (Å²) in [5, 5.41) is 13.8. The molecule has 0 aliphatic rings. The smallest absolute Gasteiger partial charge is 0.272 e. The molecule has 0 aliphatic heterocycles. The Balaban J connectivity index is 1.92. The third-order valence-electron chi connectivity index (χ3n) is 4.46. The minimum atomic E-state index is -0.692. The lowest BCUT2D eigenvalue weighted by Crippen LogP contribution is -2.29. The van der Waals surface area contributed by atoms with Gasteiger partial charge in [0, 0.05) is 22.4 Å². The lowest BCUT2D eigenvalue weighted by Gasteiger charge is -2.15. The SMILES string of the molecule is Nc1ccc(NC(=O)c2c(O)c3ccccc3n(-c3ccccc3)c2=O)cc1. The van der Waals surface area contributed by atoms with E-state index in [9.17, 15) is 14.7 Å². The molecule has 0 radical (unpaired) electrons. The van der Waals surface area contributed by atoms with Crippen molar-refractivity contribution in [2.24, 2.45) is 0 Å². The highest BCUT2D eigenvalue weighted by atomic mass is 16.3. The zero-order valence-corrected chi connectivity index (χ0v) is 14.8. The summed E-state index contributed by atoms with van der Waals surface area (Å²) >= 11 is 0. The van der Waals surface area contributed by atoms with Crippen LogP contribution in [0, 0.1) is 0 Å². The van der Waals surface area contributed by atoms with E-state index < -0.39 is 11.5 Å². The number of carbonyl (C=O) groups is 1. The van der Waals surface area contributed by atoms with Crippen molar-refractivity contribution in [3.8, 4) is 11.4 Å². The zero-order chi connectivity index (χ0) is 19.7. The zero-order valence-electron chi connectivity index (χ0n) is 14.8. The van der Waals surface area contributed by atoms with Gasteiger partial charge in [-0.15, -0.1) is 0 Å². The summed E-state index contributed by atoms with van der Waals surface area (Å²) in [4.78, 5) is 26.1. The Kier molecular flexibility index (Phi) is 4.29. The molecule has 0 fully saturated rings. The standard InChI is InChI=1S/C22H17N3O3/c23-14-10-12-15(13-11-14)24-21(27)19-20(26)17-8-4-5-9-18(17)25(22(19)28)16-6-2-1-3-7-16/h1-13,26H,23H2,(H,24,27). The van der Waals surface area contributed by atoms with Crippen molar-refractivity contribution in [2.45, 2.75) is 0 Å². The number of aromatic nitrogens is 1. The van der Waals surface area contributed by atoms with Crippen molar-refractivity contribution < 1.29 is 9.90 Å². The third kappa shape index (κ3) is 2.97. The van der Waals surface area contributed by atoms with Crippen LogP contribution in [0.15, 0.2) is 83.7 Å². The van der Waals surface area contributed by atoms with E-state index >= 15 is 0 Å². The Morgan fingerprint density at radius 3 is 2.25 bits per heavy atom. The first-order chi connectivity index (χ1) is 13.6. The van der Waals surface area contributed by atoms with Crippen molar-refractivity contribution in [3.05, 3.63) is 94.8 Å². The van der Waals surface area contributed by atoms with Crippen LogP contribution in [0.25, 0.3) is 16.6 Å². The average Bonchev–Trinajstić information content (AvgIpc) is 2.71. The van der Waals surface area contributed by atoms with Crippen molar-refractivity contribution in [1.82, 2.24) is 4.57 Å². The molecule has 0 aliphatic carbocycles. The molecule has 3 aromatic carbocycles. The van der Waals surface area contributed by atoms with Crippen molar-refractivity contribution in [1.29, 1.82) is 0 Å². The van der Waals surface area contributed by atoms with Crippen molar-refractivity contribution in [2.75, 3.05) is 11.1 Å². The lowest BCUT2D eigenvalue weighted by atomic mass is 10.1. The molecule has 6 heteroatoms. The number of nitrogens with one attached hydrogen (secondary N) is 1. The van der Waals surface area contributed by atoms with E-state index in [1.807, 2.05) is 6.07 Å². The number of hydrogen-bond acceptors (Lipinski definition) is 4. The quantitative estimate of drug-likeness (QED) is 0.480. The van der Waals surface area contributed by atoms with Crippen LogP contribution in [0.5, 0.6) is 5.75 Å². The van der Waals surface area contributed by atoms with Gasteiger partial charge in [0.15, 0.2) is 0 Å². The Hall–Kier alpha value is -4.06. The summed E-state index contributed by atoms with van der Waals surface area (Å²) in [5.74, 6) is -1.04. The molecule has 6 nitrogen and oxygen atoms in total. The van der Waals surface area contributed by atoms with Crippen LogP contribution in [-0.4, -0.2) is 15.6 Å². The number of anilines is 2. The summed E-state index contributed by atoms with van der Waals surface area (Å²) in [7, 11) is 0. The Bertz CT molecular complexity index is 1230. The summed E-state index contributed by atoms with van der Waals surface area (Å²) < 4.78 is 1.42. The molecule has 4 aromatic rings. The highest BCUT2D eigenvalue weighted by Gasteiger charge is 2.22. The van der Waals surface area contributed by atoms with Gasteiger partial charge < -0.3 is 16.2 Å². The molecule has 4 N–H and O–H groups in total. The topological polar surface area (TPSA) is 97.3 Å². The molecular weight excluding hydrogens is 354 g/mol. The third-order valence-corrected chi connectivity index (χ3v) is 4.46. The number of pyridine rings is 1. The van der Waals surface area contributed by atoms with Crippen LogP contribution >= 0.6 is 0 Å². The minimum Gasteiger partial charge on any atom is -0.506 e. The van der Waals surface area contributed by atoms with Crippen LogP contribution < -0.4 is 16.6 Å². The fourth-order valence-electron chi connectivity index (χ4n) is 3.12.